The van der Waals surface area contributed by atoms with Crippen molar-refractivity contribution in [3.05, 3.63) is 24.4 Å². The second kappa shape index (κ2) is 4.19. The van der Waals surface area contributed by atoms with Gasteiger partial charge in [-0.05, 0) is 30.4 Å². The Morgan fingerprint density at radius 1 is 1.40 bits per heavy atom. The Hall–Kier alpha value is -1.09. The largest absolute Gasteiger partial charge is 0.399 e. The zero-order chi connectivity index (χ0) is 10.8. The third-order valence-corrected chi connectivity index (χ3v) is 3.71. The van der Waals surface area contributed by atoms with Crippen molar-refractivity contribution in [2.24, 2.45) is 7.05 Å². The van der Waals surface area contributed by atoms with Gasteiger partial charge < -0.3 is 10.3 Å². The van der Waals surface area contributed by atoms with Crippen molar-refractivity contribution in [3.63, 3.8) is 0 Å². The summed E-state index contributed by atoms with van der Waals surface area (Å²) < 4.78 is 2.11. The van der Waals surface area contributed by atoms with Crippen LogP contribution in [-0.2, 0) is 7.05 Å². The summed E-state index contributed by atoms with van der Waals surface area (Å²) in [6.07, 6.45) is 3.27. The minimum Gasteiger partial charge on any atom is -0.399 e. The number of anilines is 1. The Bertz CT molecular complexity index is 474. The van der Waals surface area contributed by atoms with Crippen LogP contribution in [0.2, 0.25) is 0 Å². The quantitative estimate of drug-likeness (QED) is 0.636. The van der Waals surface area contributed by atoms with Crippen LogP contribution in [0.5, 0.6) is 0 Å². The van der Waals surface area contributed by atoms with Gasteiger partial charge in [0.05, 0.1) is 5.52 Å². The van der Waals surface area contributed by atoms with Crippen molar-refractivity contribution in [2.45, 2.75) is 18.2 Å². The van der Waals surface area contributed by atoms with E-state index in [1.165, 1.54) is 22.2 Å². The molecule has 15 heavy (non-hydrogen) atoms. The van der Waals surface area contributed by atoms with Gasteiger partial charge in [0.25, 0.3) is 0 Å². The Morgan fingerprint density at radius 3 is 2.93 bits per heavy atom. The summed E-state index contributed by atoms with van der Waals surface area (Å²) in [6.45, 7) is 2.20. The van der Waals surface area contributed by atoms with E-state index in [1.807, 2.05) is 17.8 Å². The van der Waals surface area contributed by atoms with Crippen LogP contribution < -0.4 is 5.73 Å². The van der Waals surface area contributed by atoms with Crippen molar-refractivity contribution in [1.29, 1.82) is 0 Å². The van der Waals surface area contributed by atoms with Crippen molar-refractivity contribution in [1.82, 2.24) is 4.57 Å². The maximum absolute atomic E-state index is 5.90. The minimum atomic E-state index is 0.850. The molecule has 0 bridgehead atoms. The number of hydrogen-bond acceptors (Lipinski definition) is 2. The van der Waals surface area contributed by atoms with Gasteiger partial charge in [-0.25, -0.2) is 0 Å². The van der Waals surface area contributed by atoms with Crippen LogP contribution in [0.4, 0.5) is 5.69 Å². The van der Waals surface area contributed by atoms with E-state index in [9.17, 15) is 0 Å². The molecule has 2 N–H and O–H groups in total. The summed E-state index contributed by atoms with van der Waals surface area (Å²) in [5.74, 6) is 1.15. The van der Waals surface area contributed by atoms with E-state index >= 15 is 0 Å². The molecule has 0 aliphatic carbocycles. The molecule has 2 nitrogen and oxygen atoms in total. The molecule has 2 aromatic rings. The molecule has 0 amide bonds. The van der Waals surface area contributed by atoms with E-state index < -0.39 is 0 Å². The fourth-order valence-corrected chi connectivity index (χ4v) is 2.66. The molecule has 0 radical (unpaired) electrons. The molecule has 0 aliphatic heterocycles. The van der Waals surface area contributed by atoms with Crippen LogP contribution in [0.15, 0.2) is 29.3 Å². The monoisotopic (exact) mass is 220 g/mol. The van der Waals surface area contributed by atoms with Crippen molar-refractivity contribution >= 4 is 28.4 Å². The SMILES string of the molecule is CCCSc1cc(N)cc2c1ccn2C. The smallest absolute Gasteiger partial charge is 0.0509 e. The first-order valence-corrected chi connectivity index (χ1v) is 6.18. The second-order valence-corrected chi connectivity index (χ2v) is 4.86. The van der Waals surface area contributed by atoms with Crippen LogP contribution in [0.3, 0.4) is 0 Å². The topological polar surface area (TPSA) is 30.9 Å². The molecule has 1 aromatic carbocycles. The van der Waals surface area contributed by atoms with Gasteiger partial charge in [0.2, 0.25) is 0 Å². The molecular weight excluding hydrogens is 204 g/mol. The summed E-state index contributed by atoms with van der Waals surface area (Å²) in [5.41, 5.74) is 7.96. The lowest BCUT2D eigenvalue weighted by Gasteiger charge is -2.05. The fourth-order valence-electron chi connectivity index (χ4n) is 1.69. The molecule has 0 saturated heterocycles. The molecular formula is C12H16N2S. The van der Waals surface area contributed by atoms with E-state index in [-0.39, 0.29) is 0 Å². The summed E-state index contributed by atoms with van der Waals surface area (Å²) >= 11 is 1.88. The predicted molar refractivity (Wildman–Crippen MR) is 68.3 cm³/mol. The van der Waals surface area contributed by atoms with E-state index in [1.54, 1.807) is 0 Å². The first-order chi connectivity index (χ1) is 7.22. The lowest BCUT2D eigenvalue weighted by Crippen LogP contribution is -1.90. The van der Waals surface area contributed by atoms with Crippen molar-refractivity contribution in [2.75, 3.05) is 11.5 Å². The van der Waals surface area contributed by atoms with Crippen LogP contribution in [-0.4, -0.2) is 10.3 Å². The highest BCUT2D eigenvalue weighted by molar-refractivity contribution is 7.99. The summed E-state index contributed by atoms with van der Waals surface area (Å²) in [4.78, 5) is 1.30. The summed E-state index contributed by atoms with van der Waals surface area (Å²) in [6, 6.07) is 6.26. The Kier molecular flexibility index (Phi) is 2.91. The van der Waals surface area contributed by atoms with E-state index in [2.05, 4.69) is 36.9 Å². The standard InChI is InChI=1S/C12H16N2S/c1-3-6-15-12-8-9(13)7-11-10(12)4-5-14(11)2/h4-5,7-8H,3,6,13H2,1-2H3. The normalized spacial score (nSPS) is 11.1. The van der Waals surface area contributed by atoms with E-state index in [0.29, 0.717) is 0 Å². The zero-order valence-electron chi connectivity index (χ0n) is 9.16. The molecule has 0 fully saturated rings. The highest BCUT2D eigenvalue weighted by Crippen LogP contribution is 2.31. The molecule has 0 unspecified atom stereocenters. The second-order valence-electron chi connectivity index (χ2n) is 3.73. The van der Waals surface area contributed by atoms with Crippen LogP contribution in [0.1, 0.15) is 13.3 Å². The fraction of sp³-hybridized carbons (Fsp3) is 0.333. The molecule has 0 saturated carbocycles. The summed E-state index contributed by atoms with van der Waals surface area (Å²) in [7, 11) is 2.05. The van der Waals surface area contributed by atoms with E-state index in [4.69, 9.17) is 5.73 Å². The maximum Gasteiger partial charge on any atom is 0.0509 e. The number of aromatic nitrogens is 1. The van der Waals surface area contributed by atoms with Gasteiger partial charge in [-0.1, -0.05) is 6.92 Å². The number of nitrogen functional groups attached to an aromatic ring is 1. The Labute approximate surface area is 94.5 Å². The predicted octanol–water partition coefficient (Wildman–Crippen LogP) is 3.26. The number of aryl methyl sites for hydroxylation is 1. The van der Waals surface area contributed by atoms with Crippen LogP contribution in [0, 0.1) is 0 Å². The highest BCUT2D eigenvalue weighted by Gasteiger charge is 2.05. The first kappa shape index (κ1) is 10.4. The average molecular weight is 220 g/mol. The van der Waals surface area contributed by atoms with Crippen LogP contribution >= 0.6 is 11.8 Å². The van der Waals surface area contributed by atoms with Gasteiger partial charge >= 0.3 is 0 Å². The van der Waals surface area contributed by atoms with Gasteiger partial charge in [-0.3, -0.25) is 0 Å². The number of fused-ring (bicyclic) bond motifs is 1. The number of nitrogens with zero attached hydrogens (tertiary/aromatic N) is 1. The molecule has 0 aliphatic rings. The third kappa shape index (κ3) is 1.97. The molecule has 1 aromatic heterocycles. The lowest BCUT2D eigenvalue weighted by atomic mass is 10.2. The van der Waals surface area contributed by atoms with Gasteiger partial charge in [0.15, 0.2) is 0 Å². The van der Waals surface area contributed by atoms with Gasteiger partial charge in [-0.2, -0.15) is 0 Å². The summed E-state index contributed by atoms with van der Waals surface area (Å²) in [5, 5.41) is 1.31. The molecule has 2 rings (SSSR count). The highest BCUT2D eigenvalue weighted by atomic mass is 32.2. The molecule has 80 valence electrons. The van der Waals surface area contributed by atoms with Gasteiger partial charge in [-0.15, -0.1) is 11.8 Å². The number of rotatable bonds is 3. The number of thioether (sulfide) groups is 1. The number of nitrogens with two attached hydrogens (primary N) is 1. The molecule has 1 heterocycles. The van der Waals surface area contributed by atoms with Crippen molar-refractivity contribution in [3.8, 4) is 0 Å². The third-order valence-electron chi connectivity index (χ3n) is 2.45. The lowest BCUT2D eigenvalue weighted by molar-refractivity contribution is 0.969. The molecule has 3 heteroatoms. The average Bonchev–Trinajstić information content (AvgIpc) is 2.57. The van der Waals surface area contributed by atoms with Crippen molar-refractivity contribution < 1.29 is 0 Å². The zero-order valence-corrected chi connectivity index (χ0v) is 9.97. The van der Waals surface area contributed by atoms with Gasteiger partial charge in [0.1, 0.15) is 0 Å². The Morgan fingerprint density at radius 2 is 2.20 bits per heavy atom. The number of benzene rings is 1. The molecule has 0 spiro atoms. The van der Waals surface area contributed by atoms with Gasteiger partial charge in [0, 0.05) is 29.2 Å². The maximum atomic E-state index is 5.90. The first-order valence-electron chi connectivity index (χ1n) is 5.19. The van der Waals surface area contributed by atoms with E-state index in [0.717, 1.165) is 11.4 Å². The Balaban J connectivity index is 2.52. The van der Waals surface area contributed by atoms with Crippen LogP contribution in [0.25, 0.3) is 10.9 Å². The molecule has 0 atom stereocenters. The minimum absolute atomic E-state index is 0.850. The number of hydrogen-bond donors (Lipinski definition) is 1.